The first-order chi connectivity index (χ1) is 11.4. The van der Waals surface area contributed by atoms with Gasteiger partial charge in [0.15, 0.2) is 0 Å². The molecule has 0 bridgehead atoms. The minimum Gasteiger partial charge on any atom is -0.481 e. The maximum absolute atomic E-state index is 13.0. The van der Waals surface area contributed by atoms with Gasteiger partial charge in [-0.1, -0.05) is 25.3 Å². The number of carboxylic acid groups (broad SMARTS) is 1. The molecular formula is C19H24N2O3. The lowest BCUT2D eigenvalue weighted by Crippen LogP contribution is -2.42. The first kappa shape index (κ1) is 18.0. The Balaban J connectivity index is 2.28. The van der Waals surface area contributed by atoms with Gasteiger partial charge < -0.3 is 10.4 Å². The van der Waals surface area contributed by atoms with Crippen LogP contribution in [0.3, 0.4) is 0 Å². The maximum Gasteiger partial charge on any atom is 0.304 e. The molecule has 1 saturated carbocycles. The van der Waals surface area contributed by atoms with E-state index in [1.54, 1.807) is 25.1 Å². The van der Waals surface area contributed by atoms with Crippen molar-refractivity contribution in [3.8, 4) is 6.07 Å². The molecule has 1 fully saturated rings. The molecule has 0 radical (unpaired) electrons. The molecular weight excluding hydrogens is 304 g/mol. The highest BCUT2D eigenvalue weighted by atomic mass is 16.4. The third-order valence-electron chi connectivity index (χ3n) is 5.16. The number of hydrogen-bond acceptors (Lipinski definition) is 3. The molecule has 1 aliphatic carbocycles. The van der Waals surface area contributed by atoms with E-state index in [0.717, 1.165) is 37.7 Å². The van der Waals surface area contributed by atoms with Crippen LogP contribution in [0, 0.1) is 29.6 Å². The third kappa shape index (κ3) is 3.94. The van der Waals surface area contributed by atoms with Crippen LogP contribution in [-0.4, -0.2) is 17.0 Å². The lowest BCUT2D eigenvalue weighted by atomic mass is 9.67. The molecule has 0 saturated heterocycles. The summed E-state index contributed by atoms with van der Waals surface area (Å²) >= 11 is 0. The third-order valence-corrected chi connectivity index (χ3v) is 5.16. The van der Waals surface area contributed by atoms with Crippen molar-refractivity contribution in [1.82, 2.24) is 0 Å². The first-order valence-electron chi connectivity index (χ1n) is 8.41. The van der Waals surface area contributed by atoms with Crippen LogP contribution in [0.1, 0.15) is 56.6 Å². The van der Waals surface area contributed by atoms with Crippen LogP contribution in [0.15, 0.2) is 18.2 Å². The van der Waals surface area contributed by atoms with Gasteiger partial charge in [-0.15, -0.1) is 0 Å². The second kappa shape index (κ2) is 7.48. The van der Waals surface area contributed by atoms with Crippen LogP contribution in [0.5, 0.6) is 0 Å². The second-order valence-electron chi connectivity index (χ2n) is 6.92. The Morgan fingerprint density at radius 1 is 1.33 bits per heavy atom. The fourth-order valence-electron chi connectivity index (χ4n) is 3.56. The molecule has 5 heteroatoms. The molecule has 0 aromatic heterocycles. The Labute approximate surface area is 142 Å². The van der Waals surface area contributed by atoms with Gasteiger partial charge in [0.25, 0.3) is 0 Å². The molecule has 1 aromatic carbocycles. The molecule has 1 aliphatic rings. The van der Waals surface area contributed by atoms with Crippen LogP contribution in [0.4, 0.5) is 5.69 Å². The summed E-state index contributed by atoms with van der Waals surface area (Å²) in [5, 5.41) is 21.2. The lowest BCUT2D eigenvalue weighted by molar-refractivity contribution is -0.145. The Morgan fingerprint density at radius 3 is 2.58 bits per heavy atom. The molecule has 1 amide bonds. The van der Waals surface area contributed by atoms with Gasteiger partial charge in [0.2, 0.25) is 5.91 Å². The van der Waals surface area contributed by atoms with Gasteiger partial charge in [0, 0.05) is 5.69 Å². The standard InChI is InChI=1S/C19H24N2O3/c1-13-8-9-14(12-20)10-16(13)21-18(24)19(2,11-17(22)23)15-6-4-3-5-7-15/h8-10,15H,3-7,11H2,1-2H3,(H,21,24)(H,22,23). The van der Waals surface area contributed by atoms with Crippen molar-refractivity contribution in [2.24, 2.45) is 11.3 Å². The second-order valence-corrected chi connectivity index (χ2v) is 6.92. The molecule has 2 N–H and O–H groups in total. The van der Waals surface area contributed by atoms with Gasteiger partial charge in [-0.05, 0) is 50.3 Å². The Morgan fingerprint density at radius 2 is 2.00 bits per heavy atom. The lowest BCUT2D eigenvalue weighted by Gasteiger charge is -2.37. The van der Waals surface area contributed by atoms with Crippen LogP contribution >= 0.6 is 0 Å². The van der Waals surface area contributed by atoms with Crippen LogP contribution < -0.4 is 5.32 Å². The number of nitrogens with zero attached hydrogens (tertiary/aromatic N) is 1. The summed E-state index contributed by atoms with van der Waals surface area (Å²) in [4.78, 5) is 24.3. The highest BCUT2D eigenvalue weighted by Crippen LogP contribution is 2.42. The van der Waals surface area contributed by atoms with Crippen LogP contribution in [0.25, 0.3) is 0 Å². The van der Waals surface area contributed by atoms with E-state index in [1.807, 2.05) is 6.92 Å². The van der Waals surface area contributed by atoms with Gasteiger partial charge in [-0.3, -0.25) is 9.59 Å². The van der Waals surface area contributed by atoms with Crippen molar-refractivity contribution in [3.63, 3.8) is 0 Å². The number of rotatable bonds is 5. The minimum atomic E-state index is -0.958. The van der Waals surface area contributed by atoms with Gasteiger partial charge in [0.1, 0.15) is 0 Å². The topological polar surface area (TPSA) is 90.2 Å². The smallest absolute Gasteiger partial charge is 0.304 e. The van der Waals surface area contributed by atoms with E-state index in [1.165, 1.54) is 0 Å². The highest BCUT2D eigenvalue weighted by Gasteiger charge is 2.43. The predicted octanol–water partition coefficient (Wildman–Crippen LogP) is 3.87. The zero-order valence-corrected chi connectivity index (χ0v) is 14.3. The summed E-state index contributed by atoms with van der Waals surface area (Å²) in [7, 11) is 0. The van der Waals surface area contributed by atoms with Crippen LogP contribution in [0.2, 0.25) is 0 Å². The zero-order valence-electron chi connectivity index (χ0n) is 14.3. The maximum atomic E-state index is 13.0. The molecule has 2 rings (SSSR count). The SMILES string of the molecule is Cc1ccc(C#N)cc1NC(=O)C(C)(CC(=O)O)C1CCCCC1. The normalized spacial score (nSPS) is 17.5. The Hall–Kier alpha value is -2.35. The largest absolute Gasteiger partial charge is 0.481 e. The average molecular weight is 328 g/mol. The van der Waals surface area contributed by atoms with Crippen molar-refractivity contribution in [2.45, 2.75) is 52.4 Å². The highest BCUT2D eigenvalue weighted by molar-refractivity contribution is 5.98. The molecule has 0 heterocycles. The predicted molar refractivity (Wildman–Crippen MR) is 91.5 cm³/mol. The van der Waals surface area contributed by atoms with Crippen molar-refractivity contribution in [1.29, 1.82) is 5.26 Å². The number of hydrogen-bond donors (Lipinski definition) is 2. The number of aliphatic carboxylic acids is 1. The molecule has 5 nitrogen and oxygen atoms in total. The van der Waals surface area contributed by atoms with E-state index in [4.69, 9.17) is 5.26 Å². The monoisotopic (exact) mass is 328 g/mol. The number of carbonyl (C=O) groups excluding carboxylic acids is 1. The molecule has 1 atom stereocenters. The van der Waals surface area contributed by atoms with Gasteiger partial charge in [-0.2, -0.15) is 5.26 Å². The molecule has 0 spiro atoms. The fraction of sp³-hybridized carbons (Fsp3) is 0.526. The molecule has 0 aliphatic heterocycles. The number of carboxylic acids is 1. The van der Waals surface area contributed by atoms with E-state index < -0.39 is 11.4 Å². The molecule has 128 valence electrons. The summed E-state index contributed by atoms with van der Waals surface area (Å²) in [6, 6.07) is 7.17. The molecule has 1 unspecified atom stereocenters. The van der Waals surface area contributed by atoms with Gasteiger partial charge >= 0.3 is 5.97 Å². The Kier molecular flexibility index (Phi) is 5.61. The van der Waals surface area contributed by atoms with E-state index >= 15 is 0 Å². The number of nitriles is 1. The molecule has 24 heavy (non-hydrogen) atoms. The minimum absolute atomic E-state index is 0.0711. The quantitative estimate of drug-likeness (QED) is 0.858. The van der Waals surface area contributed by atoms with Crippen molar-refractivity contribution < 1.29 is 14.7 Å². The van der Waals surface area contributed by atoms with E-state index in [0.29, 0.717) is 11.3 Å². The van der Waals surface area contributed by atoms with E-state index in [2.05, 4.69) is 11.4 Å². The van der Waals surface area contributed by atoms with Gasteiger partial charge in [0.05, 0.1) is 23.5 Å². The summed E-state index contributed by atoms with van der Waals surface area (Å²) in [5.74, 6) is -1.16. The summed E-state index contributed by atoms with van der Waals surface area (Å²) in [6.07, 6.45) is 4.81. The van der Waals surface area contributed by atoms with Crippen molar-refractivity contribution in [2.75, 3.05) is 5.32 Å². The van der Waals surface area contributed by atoms with E-state index in [-0.39, 0.29) is 18.2 Å². The van der Waals surface area contributed by atoms with Crippen molar-refractivity contribution in [3.05, 3.63) is 29.3 Å². The number of amides is 1. The summed E-state index contributed by atoms with van der Waals surface area (Å²) in [5.41, 5.74) is 0.949. The Bertz CT molecular complexity index is 672. The fourth-order valence-corrected chi connectivity index (χ4v) is 3.56. The number of anilines is 1. The zero-order chi connectivity index (χ0) is 17.7. The van der Waals surface area contributed by atoms with Crippen LogP contribution in [-0.2, 0) is 9.59 Å². The summed E-state index contributed by atoms with van der Waals surface area (Å²) in [6.45, 7) is 3.61. The average Bonchev–Trinajstić information content (AvgIpc) is 2.56. The summed E-state index contributed by atoms with van der Waals surface area (Å²) < 4.78 is 0. The first-order valence-corrected chi connectivity index (χ1v) is 8.41. The number of nitrogens with one attached hydrogen (secondary N) is 1. The van der Waals surface area contributed by atoms with Crippen molar-refractivity contribution >= 4 is 17.6 Å². The van der Waals surface area contributed by atoms with Gasteiger partial charge in [-0.25, -0.2) is 0 Å². The number of aryl methyl sites for hydroxylation is 1. The number of carbonyl (C=O) groups is 2. The van der Waals surface area contributed by atoms with E-state index in [9.17, 15) is 14.7 Å². The molecule has 1 aromatic rings. The number of benzene rings is 1.